The Morgan fingerprint density at radius 1 is 1.23 bits per heavy atom. The lowest BCUT2D eigenvalue weighted by Gasteiger charge is -2.27. The number of hydrogen-bond donors (Lipinski definition) is 1. The molecule has 0 radical (unpaired) electrons. The summed E-state index contributed by atoms with van der Waals surface area (Å²) in [7, 11) is 0. The van der Waals surface area contributed by atoms with Crippen molar-refractivity contribution in [1.82, 2.24) is 9.97 Å². The lowest BCUT2D eigenvalue weighted by Crippen LogP contribution is -2.44. The second-order valence-corrected chi connectivity index (χ2v) is 5.50. The van der Waals surface area contributed by atoms with E-state index in [0.29, 0.717) is 0 Å². The monoisotopic (exact) mass is 372 g/mol. The third kappa shape index (κ3) is 2.28. The van der Waals surface area contributed by atoms with Gasteiger partial charge in [0.2, 0.25) is 5.82 Å². The molecule has 0 spiro atoms. The minimum absolute atomic E-state index is 0.157. The Balaban J connectivity index is 2.14. The van der Waals surface area contributed by atoms with Gasteiger partial charge in [-0.05, 0) is 12.1 Å². The summed E-state index contributed by atoms with van der Waals surface area (Å²) in [5.74, 6) is -4.08. The van der Waals surface area contributed by atoms with Crippen molar-refractivity contribution in [2.45, 2.75) is 12.0 Å². The third-order valence-corrected chi connectivity index (χ3v) is 3.96. The summed E-state index contributed by atoms with van der Waals surface area (Å²) in [5.41, 5.74) is 0.457. The molecule has 1 aliphatic rings. The molecule has 0 bridgehead atoms. The molecule has 0 amide bonds. The van der Waals surface area contributed by atoms with E-state index in [2.05, 4.69) is 9.97 Å². The first-order chi connectivity index (χ1) is 10.3. The number of aromatic nitrogens is 2. The van der Waals surface area contributed by atoms with Gasteiger partial charge in [-0.15, -0.1) is 11.6 Å². The molecule has 4 nitrogen and oxygen atoms in total. The van der Waals surface area contributed by atoms with E-state index < -0.39 is 17.8 Å². The molecule has 22 heavy (non-hydrogen) atoms. The number of ether oxygens (including phenoxy) is 2. The van der Waals surface area contributed by atoms with E-state index in [1.807, 2.05) is 0 Å². The SMILES string of the molecule is FC(F)(F)C1(c2nc3cc(Cl)c(Cl)cc3[nH]2)OC=C(CCl)O1. The van der Waals surface area contributed by atoms with Crippen molar-refractivity contribution in [2.24, 2.45) is 0 Å². The molecule has 1 aliphatic heterocycles. The quantitative estimate of drug-likeness (QED) is 0.776. The van der Waals surface area contributed by atoms with Crippen LogP contribution in [0.15, 0.2) is 24.2 Å². The largest absolute Gasteiger partial charge is 0.476 e. The van der Waals surface area contributed by atoms with Gasteiger partial charge >= 0.3 is 12.0 Å². The van der Waals surface area contributed by atoms with Gasteiger partial charge in [0.15, 0.2) is 5.76 Å². The smallest absolute Gasteiger partial charge is 0.443 e. The Morgan fingerprint density at radius 2 is 1.91 bits per heavy atom. The van der Waals surface area contributed by atoms with E-state index in [-0.39, 0.29) is 32.7 Å². The minimum Gasteiger partial charge on any atom is -0.443 e. The summed E-state index contributed by atoms with van der Waals surface area (Å²) in [6.45, 7) is 0. The Kier molecular flexibility index (Phi) is 3.62. The van der Waals surface area contributed by atoms with Crippen molar-refractivity contribution in [3.63, 3.8) is 0 Å². The van der Waals surface area contributed by atoms with Crippen LogP contribution >= 0.6 is 34.8 Å². The molecule has 1 aromatic heterocycles. The van der Waals surface area contributed by atoms with Gasteiger partial charge in [-0.3, -0.25) is 0 Å². The molecule has 1 aromatic carbocycles. The maximum absolute atomic E-state index is 13.5. The minimum atomic E-state index is -4.89. The average molecular weight is 374 g/mol. The van der Waals surface area contributed by atoms with Gasteiger partial charge < -0.3 is 14.5 Å². The molecule has 10 heteroatoms. The van der Waals surface area contributed by atoms with Gasteiger partial charge in [0.1, 0.15) is 6.26 Å². The number of alkyl halides is 4. The maximum Gasteiger partial charge on any atom is 0.476 e. The molecule has 2 aromatic rings. The molecule has 0 aliphatic carbocycles. The van der Waals surface area contributed by atoms with Crippen molar-refractivity contribution in [1.29, 1.82) is 0 Å². The fraction of sp³-hybridized carbons (Fsp3) is 0.250. The van der Waals surface area contributed by atoms with Crippen molar-refractivity contribution >= 4 is 45.8 Å². The number of hydrogen-bond acceptors (Lipinski definition) is 3. The fourth-order valence-electron chi connectivity index (χ4n) is 1.96. The first-order valence-corrected chi connectivity index (χ1v) is 7.09. The highest BCUT2D eigenvalue weighted by atomic mass is 35.5. The Hall–Kier alpha value is -1.31. The summed E-state index contributed by atoms with van der Waals surface area (Å²) < 4.78 is 50.0. The number of H-pyrrole nitrogens is 1. The first kappa shape index (κ1) is 15.6. The number of nitrogens with zero attached hydrogens (tertiary/aromatic N) is 1. The van der Waals surface area contributed by atoms with Gasteiger partial charge in [-0.1, -0.05) is 23.2 Å². The molecule has 118 valence electrons. The Morgan fingerprint density at radius 3 is 2.50 bits per heavy atom. The molecule has 1 unspecified atom stereocenters. The number of fused-ring (bicyclic) bond motifs is 1. The normalized spacial score (nSPS) is 21.6. The van der Waals surface area contributed by atoms with Gasteiger partial charge in [0.25, 0.3) is 0 Å². The highest BCUT2D eigenvalue weighted by molar-refractivity contribution is 6.42. The third-order valence-electron chi connectivity index (χ3n) is 2.97. The zero-order chi connectivity index (χ0) is 16.1. The topological polar surface area (TPSA) is 47.1 Å². The average Bonchev–Trinajstić information content (AvgIpc) is 3.03. The van der Waals surface area contributed by atoms with Crippen LogP contribution in [0.3, 0.4) is 0 Å². The maximum atomic E-state index is 13.5. The zero-order valence-corrected chi connectivity index (χ0v) is 12.7. The number of benzene rings is 1. The molecule has 3 rings (SSSR count). The summed E-state index contributed by atoms with van der Waals surface area (Å²) >= 11 is 17.1. The highest BCUT2D eigenvalue weighted by Crippen LogP contribution is 2.47. The summed E-state index contributed by atoms with van der Waals surface area (Å²) in [6, 6.07) is 2.71. The van der Waals surface area contributed by atoms with E-state index >= 15 is 0 Å². The molecule has 0 saturated carbocycles. The zero-order valence-electron chi connectivity index (χ0n) is 10.5. The molecule has 0 saturated heterocycles. The van der Waals surface area contributed by atoms with Crippen LogP contribution in [-0.2, 0) is 15.3 Å². The standard InChI is InChI=1S/C12H6Cl3F3N2O2/c13-3-5-4-21-11(22-5,12(16,17)18)10-19-8-1-6(14)7(15)2-9(8)20-10/h1-2,4H,3H2,(H,19,20). The molecule has 1 N–H and O–H groups in total. The van der Waals surface area contributed by atoms with Crippen molar-refractivity contribution < 1.29 is 22.6 Å². The summed E-state index contributed by atoms with van der Waals surface area (Å²) in [6.07, 6.45) is -4.08. The van der Waals surface area contributed by atoms with Crippen molar-refractivity contribution in [2.75, 3.05) is 5.88 Å². The van der Waals surface area contributed by atoms with E-state index in [4.69, 9.17) is 44.3 Å². The van der Waals surface area contributed by atoms with Crippen LogP contribution < -0.4 is 0 Å². The number of rotatable bonds is 2. The van der Waals surface area contributed by atoms with Crippen LogP contribution in [-0.4, -0.2) is 22.0 Å². The number of allylic oxidation sites excluding steroid dienone is 1. The van der Waals surface area contributed by atoms with Crippen LogP contribution in [0.1, 0.15) is 5.82 Å². The molecule has 0 fully saturated rings. The van der Waals surface area contributed by atoms with Gasteiger partial charge in [-0.25, -0.2) is 4.98 Å². The number of halogens is 6. The van der Waals surface area contributed by atoms with E-state index in [0.717, 1.165) is 6.26 Å². The number of imidazole rings is 1. The predicted octanol–water partition coefficient (Wildman–Crippen LogP) is 4.71. The van der Waals surface area contributed by atoms with Crippen molar-refractivity contribution in [3.05, 3.63) is 40.0 Å². The highest BCUT2D eigenvalue weighted by Gasteiger charge is 2.66. The van der Waals surface area contributed by atoms with Crippen molar-refractivity contribution in [3.8, 4) is 0 Å². The molecular weight excluding hydrogens is 367 g/mol. The van der Waals surface area contributed by atoms with E-state index in [9.17, 15) is 13.2 Å². The molecule has 1 atom stereocenters. The lowest BCUT2D eigenvalue weighted by molar-refractivity contribution is -0.351. The van der Waals surface area contributed by atoms with Crippen LogP contribution in [0.25, 0.3) is 11.0 Å². The number of nitrogens with one attached hydrogen (secondary N) is 1. The van der Waals surface area contributed by atoms with Crippen LogP contribution in [0.2, 0.25) is 10.0 Å². The van der Waals surface area contributed by atoms with E-state index in [1.165, 1.54) is 12.1 Å². The van der Waals surface area contributed by atoms with Crippen LogP contribution in [0, 0.1) is 0 Å². The first-order valence-electron chi connectivity index (χ1n) is 5.80. The second kappa shape index (κ2) is 5.11. The molecule has 2 heterocycles. The van der Waals surface area contributed by atoms with E-state index in [1.54, 1.807) is 0 Å². The van der Waals surface area contributed by atoms with Gasteiger partial charge in [0.05, 0.1) is 27.0 Å². The summed E-state index contributed by atoms with van der Waals surface area (Å²) in [4.78, 5) is 6.36. The predicted molar refractivity (Wildman–Crippen MR) is 74.8 cm³/mol. The molecular formula is C12H6Cl3F3N2O2. The number of aromatic amines is 1. The van der Waals surface area contributed by atoms with Gasteiger partial charge in [-0.2, -0.15) is 13.2 Å². The lowest BCUT2D eigenvalue weighted by atomic mass is 10.2. The summed E-state index contributed by atoms with van der Waals surface area (Å²) in [5, 5.41) is 0.347. The second-order valence-electron chi connectivity index (χ2n) is 4.42. The van der Waals surface area contributed by atoms with Gasteiger partial charge in [0, 0.05) is 0 Å². The fourth-order valence-corrected chi connectivity index (χ4v) is 2.40. The Labute approximate surface area is 136 Å². The van der Waals surface area contributed by atoms with Crippen LogP contribution in [0.4, 0.5) is 13.2 Å². The van der Waals surface area contributed by atoms with Crippen LogP contribution in [0.5, 0.6) is 0 Å². The Bertz CT molecular complexity index is 736.